The van der Waals surface area contributed by atoms with Gasteiger partial charge in [0.1, 0.15) is 17.2 Å². The summed E-state index contributed by atoms with van der Waals surface area (Å²) >= 11 is 0. The van der Waals surface area contributed by atoms with Gasteiger partial charge in [-0.3, -0.25) is 9.69 Å². The van der Waals surface area contributed by atoms with E-state index in [1.165, 1.54) is 7.11 Å². The molecule has 0 bridgehead atoms. The highest BCUT2D eigenvalue weighted by Gasteiger charge is 2.24. The van der Waals surface area contributed by atoms with Crippen molar-refractivity contribution >= 4 is 23.3 Å². The molecule has 0 radical (unpaired) electrons. The van der Waals surface area contributed by atoms with E-state index in [-0.39, 0.29) is 5.91 Å². The van der Waals surface area contributed by atoms with E-state index in [1.807, 2.05) is 36.4 Å². The number of nitrogens with zero attached hydrogens (tertiary/aromatic N) is 1. The van der Waals surface area contributed by atoms with Crippen LogP contribution in [0.1, 0.15) is 30.1 Å². The van der Waals surface area contributed by atoms with Crippen molar-refractivity contribution in [1.29, 1.82) is 0 Å². The molecule has 36 heavy (non-hydrogen) atoms. The van der Waals surface area contributed by atoms with Crippen LogP contribution in [0.25, 0.3) is 0 Å². The van der Waals surface area contributed by atoms with Crippen molar-refractivity contribution in [1.82, 2.24) is 10.2 Å². The van der Waals surface area contributed by atoms with E-state index < -0.39 is 6.03 Å². The molecule has 3 aromatic carbocycles. The van der Waals surface area contributed by atoms with Gasteiger partial charge in [-0.1, -0.05) is 31.2 Å². The van der Waals surface area contributed by atoms with E-state index >= 15 is 0 Å². The predicted molar refractivity (Wildman–Crippen MR) is 141 cm³/mol. The first-order chi connectivity index (χ1) is 17.6. The molecule has 3 N–H and O–H groups in total. The normalized spacial score (nSPS) is 15.2. The Kier molecular flexibility index (Phi) is 8.41. The number of likely N-dealkylation sites (N-methyl/N-ethyl adjacent to an activating group) is 1. The highest BCUT2D eigenvalue weighted by molar-refractivity contribution is 6.01. The molecule has 3 amide bonds. The summed E-state index contributed by atoms with van der Waals surface area (Å²) in [5, 5.41) is 8.60. The first kappa shape index (κ1) is 25.1. The quantitative estimate of drug-likeness (QED) is 0.378. The van der Waals surface area contributed by atoms with Gasteiger partial charge < -0.3 is 25.4 Å². The smallest absolute Gasteiger partial charge is 0.323 e. The lowest BCUT2D eigenvalue weighted by atomic mass is 10.1. The number of carbonyl (C=O) groups excluding carboxylic acids is 2. The van der Waals surface area contributed by atoms with Gasteiger partial charge in [0, 0.05) is 36.1 Å². The largest absolute Gasteiger partial charge is 0.496 e. The number of nitrogens with one attached hydrogen (secondary N) is 3. The van der Waals surface area contributed by atoms with Crippen LogP contribution in [0.2, 0.25) is 0 Å². The number of para-hydroxylation sites is 1. The molecular weight excluding hydrogens is 456 g/mol. The lowest BCUT2D eigenvalue weighted by Gasteiger charge is -2.23. The number of ether oxygens (including phenoxy) is 2. The number of carbonyl (C=O) groups is 2. The molecule has 1 atom stereocenters. The fourth-order valence-corrected chi connectivity index (χ4v) is 4.36. The van der Waals surface area contributed by atoms with E-state index in [0.29, 0.717) is 46.8 Å². The van der Waals surface area contributed by atoms with Gasteiger partial charge in [-0.05, 0) is 62.3 Å². The Morgan fingerprint density at radius 1 is 0.944 bits per heavy atom. The summed E-state index contributed by atoms with van der Waals surface area (Å²) in [5.41, 5.74) is 1.51. The minimum absolute atomic E-state index is 0.193. The topological polar surface area (TPSA) is 91.9 Å². The van der Waals surface area contributed by atoms with Gasteiger partial charge in [0.2, 0.25) is 0 Å². The molecule has 1 aliphatic heterocycles. The molecule has 0 aromatic heterocycles. The first-order valence-corrected chi connectivity index (χ1v) is 12.2. The van der Waals surface area contributed by atoms with Crippen LogP contribution in [0, 0.1) is 0 Å². The highest BCUT2D eigenvalue weighted by Crippen LogP contribution is 2.26. The van der Waals surface area contributed by atoms with Crippen LogP contribution in [-0.2, 0) is 0 Å². The number of rotatable bonds is 9. The van der Waals surface area contributed by atoms with E-state index in [2.05, 4.69) is 27.8 Å². The van der Waals surface area contributed by atoms with Gasteiger partial charge >= 0.3 is 6.03 Å². The van der Waals surface area contributed by atoms with Gasteiger partial charge in [0.25, 0.3) is 5.91 Å². The molecular formula is C28H32N4O4. The Balaban J connectivity index is 1.34. The number of anilines is 2. The number of urea groups is 1. The van der Waals surface area contributed by atoms with Crippen molar-refractivity contribution < 1.29 is 19.1 Å². The van der Waals surface area contributed by atoms with E-state index in [9.17, 15) is 9.59 Å². The zero-order valence-corrected chi connectivity index (χ0v) is 20.6. The van der Waals surface area contributed by atoms with Crippen LogP contribution in [0.15, 0.2) is 72.8 Å². The lowest BCUT2D eigenvalue weighted by molar-refractivity contribution is 0.0938. The predicted octanol–water partition coefficient (Wildman–Crippen LogP) is 5.35. The summed E-state index contributed by atoms with van der Waals surface area (Å²) in [4.78, 5) is 27.8. The minimum Gasteiger partial charge on any atom is -0.496 e. The molecule has 1 aliphatic rings. The molecule has 8 heteroatoms. The summed E-state index contributed by atoms with van der Waals surface area (Å²) in [7, 11) is 1.50. The monoisotopic (exact) mass is 488 g/mol. The van der Waals surface area contributed by atoms with Crippen LogP contribution in [0.3, 0.4) is 0 Å². The molecule has 0 saturated carbocycles. The second-order valence-corrected chi connectivity index (χ2v) is 8.57. The zero-order chi connectivity index (χ0) is 25.3. The minimum atomic E-state index is -0.424. The molecule has 1 unspecified atom stereocenters. The van der Waals surface area contributed by atoms with E-state index in [4.69, 9.17) is 9.47 Å². The Bertz CT molecular complexity index is 1190. The Hall–Kier alpha value is -4.04. The summed E-state index contributed by atoms with van der Waals surface area (Å²) in [6, 6.07) is 21.5. The first-order valence-electron chi connectivity index (χ1n) is 12.2. The molecule has 0 aliphatic carbocycles. The maximum atomic E-state index is 12.8. The standard InChI is InChI=1S/C28H32N4O4/c1-3-32-16-8-10-22(32)19-29-27(33)25-15-14-21(18-26(25)35-2)31-28(34)30-20-9-7-13-24(17-20)36-23-11-5-4-6-12-23/h4-7,9,11-15,17-18,22H,3,8,10,16,19H2,1-2H3,(H,29,33)(H2,30,31,34). The number of methoxy groups -OCH3 is 1. The van der Waals surface area contributed by atoms with Crippen LogP contribution >= 0.6 is 0 Å². The third-order valence-electron chi connectivity index (χ3n) is 6.18. The van der Waals surface area contributed by atoms with Crippen molar-refractivity contribution in [3.8, 4) is 17.2 Å². The van der Waals surface area contributed by atoms with Crippen molar-refractivity contribution in [3.63, 3.8) is 0 Å². The van der Waals surface area contributed by atoms with Crippen molar-refractivity contribution in [2.24, 2.45) is 0 Å². The van der Waals surface area contributed by atoms with Gasteiger partial charge in [-0.15, -0.1) is 0 Å². The Morgan fingerprint density at radius 2 is 1.69 bits per heavy atom. The number of amides is 3. The molecule has 1 heterocycles. The van der Waals surface area contributed by atoms with Crippen LogP contribution in [0.5, 0.6) is 17.2 Å². The SMILES string of the molecule is CCN1CCCC1CNC(=O)c1ccc(NC(=O)Nc2cccc(Oc3ccccc3)c2)cc1OC. The number of benzene rings is 3. The van der Waals surface area contributed by atoms with Crippen molar-refractivity contribution in [2.45, 2.75) is 25.8 Å². The maximum Gasteiger partial charge on any atom is 0.323 e. The average Bonchev–Trinajstić information content (AvgIpc) is 3.35. The summed E-state index contributed by atoms with van der Waals surface area (Å²) < 4.78 is 11.3. The molecule has 188 valence electrons. The Labute approximate surface area is 211 Å². The second-order valence-electron chi connectivity index (χ2n) is 8.57. The van der Waals surface area contributed by atoms with Gasteiger partial charge in [-0.2, -0.15) is 0 Å². The molecule has 1 saturated heterocycles. The average molecular weight is 489 g/mol. The highest BCUT2D eigenvalue weighted by atomic mass is 16.5. The lowest BCUT2D eigenvalue weighted by Crippen LogP contribution is -2.40. The second kappa shape index (κ2) is 12.1. The van der Waals surface area contributed by atoms with Crippen molar-refractivity contribution in [3.05, 3.63) is 78.4 Å². The molecule has 3 aromatic rings. The number of hydrogen-bond acceptors (Lipinski definition) is 5. The van der Waals surface area contributed by atoms with E-state index in [0.717, 1.165) is 25.9 Å². The van der Waals surface area contributed by atoms with Crippen LogP contribution < -0.4 is 25.4 Å². The van der Waals surface area contributed by atoms with Gasteiger partial charge in [0.15, 0.2) is 0 Å². The van der Waals surface area contributed by atoms with Gasteiger partial charge in [0.05, 0.1) is 12.7 Å². The van der Waals surface area contributed by atoms with Crippen molar-refractivity contribution in [2.75, 3.05) is 37.4 Å². The summed E-state index contributed by atoms with van der Waals surface area (Å²) in [5.74, 6) is 1.51. The fourth-order valence-electron chi connectivity index (χ4n) is 4.36. The molecule has 4 rings (SSSR count). The van der Waals surface area contributed by atoms with E-state index in [1.54, 1.807) is 36.4 Å². The number of likely N-dealkylation sites (tertiary alicyclic amines) is 1. The molecule has 0 spiro atoms. The third-order valence-corrected chi connectivity index (χ3v) is 6.18. The number of hydrogen-bond donors (Lipinski definition) is 3. The van der Waals surface area contributed by atoms with Gasteiger partial charge in [-0.25, -0.2) is 4.79 Å². The maximum absolute atomic E-state index is 12.8. The summed E-state index contributed by atoms with van der Waals surface area (Å²) in [6.45, 7) is 4.80. The van der Waals surface area contributed by atoms with Crippen LogP contribution in [-0.4, -0.2) is 49.6 Å². The molecule has 8 nitrogen and oxygen atoms in total. The fraction of sp³-hybridized carbons (Fsp3) is 0.286. The Morgan fingerprint density at radius 3 is 2.44 bits per heavy atom. The third kappa shape index (κ3) is 6.55. The summed E-state index contributed by atoms with van der Waals surface area (Å²) in [6.07, 6.45) is 2.25. The van der Waals surface area contributed by atoms with Crippen LogP contribution in [0.4, 0.5) is 16.2 Å². The molecule has 1 fully saturated rings. The zero-order valence-electron chi connectivity index (χ0n) is 20.6.